The molecule has 0 saturated heterocycles. The first-order valence-electron chi connectivity index (χ1n) is 11.1. The van der Waals surface area contributed by atoms with Crippen molar-refractivity contribution in [1.29, 1.82) is 0 Å². The first-order valence-corrected chi connectivity index (χ1v) is 11.1. The molecule has 0 N–H and O–H groups in total. The van der Waals surface area contributed by atoms with Gasteiger partial charge in [-0.25, -0.2) is 4.98 Å². The van der Waals surface area contributed by atoms with E-state index in [4.69, 9.17) is 9.72 Å². The summed E-state index contributed by atoms with van der Waals surface area (Å²) in [4.78, 5) is 18.2. The first kappa shape index (κ1) is 20.5. The fraction of sp³-hybridized carbons (Fsp3) is 0.440. The van der Waals surface area contributed by atoms with Crippen molar-refractivity contribution < 1.29 is 9.53 Å². The molecule has 3 aromatic rings. The van der Waals surface area contributed by atoms with Crippen molar-refractivity contribution in [3.05, 3.63) is 53.6 Å². The van der Waals surface area contributed by atoms with E-state index in [1.807, 2.05) is 12.1 Å². The van der Waals surface area contributed by atoms with Gasteiger partial charge in [-0.05, 0) is 44.4 Å². The van der Waals surface area contributed by atoms with E-state index in [0.717, 1.165) is 30.1 Å². The van der Waals surface area contributed by atoms with E-state index < -0.39 is 0 Å². The number of fused-ring (bicyclic) bond motifs is 1. The second-order valence-corrected chi connectivity index (χ2v) is 8.30. The Balaban J connectivity index is 1.78. The minimum absolute atomic E-state index is 0.455. The van der Waals surface area contributed by atoms with Crippen LogP contribution in [0.1, 0.15) is 62.6 Å². The van der Waals surface area contributed by atoms with E-state index in [1.165, 1.54) is 49.7 Å². The Morgan fingerprint density at radius 3 is 2.63 bits per heavy atom. The third-order valence-corrected chi connectivity index (χ3v) is 6.14. The molecule has 1 aliphatic rings. The second-order valence-electron chi connectivity index (χ2n) is 8.30. The molecule has 4 rings (SSSR count). The van der Waals surface area contributed by atoms with E-state index in [1.54, 1.807) is 0 Å². The van der Waals surface area contributed by atoms with Crippen LogP contribution >= 0.6 is 0 Å². The number of carbonyl (C=O) groups excluding carboxylic acids is 1. The first-order chi connectivity index (χ1) is 14.7. The number of hydrogen-bond donors (Lipinski definition) is 0. The monoisotopic (exact) mass is 405 g/mol. The van der Waals surface area contributed by atoms with Gasteiger partial charge in [-0.2, -0.15) is 0 Å². The number of imidazole rings is 1. The average Bonchev–Trinajstić information content (AvgIpc) is 2.91. The van der Waals surface area contributed by atoms with Crippen molar-refractivity contribution in [2.24, 2.45) is 0 Å². The maximum atomic E-state index is 10.8. The van der Waals surface area contributed by atoms with Crippen molar-refractivity contribution in [2.45, 2.75) is 65.0 Å². The van der Waals surface area contributed by atoms with Crippen LogP contribution in [-0.2, 0) is 11.3 Å². The van der Waals surface area contributed by atoms with Gasteiger partial charge in [-0.1, -0.05) is 55.5 Å². The molecule has 1 fully saturated rings. The number of aromatic nitrogens is 2. The van der Waals surface area contributed by atoms with Crippen LogP contribution in [0.2, 0.25) is 0 Å². The molecule has 158 valence electrons. The van der Waals surface area contributed by atoms with Gasteiger partial charge in [0.15, 0.2) is 0 Å². The number of nitrogens with zero attached hydrogens (tertiary/aromatic N) is 3. The Morgan fingerprint density at radius 2 is 1.93 bits per heavy atom. The van der Waals surface area contributed by atoms with Crippen LogP contribution in [0.4, 0.5) is 5.95 Å². The predicted molar refractivity (Wildman–Crippen MR) is 121 cm³/mol. The molecule has 0 spiro atoms. The summed E-state index contributed by atoms with van der Waals surface area (Å²) in [7, 11) is 0. The van der Waals surface area contributed by atoms with Crippen molar-refractivity contribution >= 4 is 23.5 Å². The van der Waals surface area contributed by atoms with Gasteiger partial charge in [0.25, 0.3) is 6.47 Å². The lowest BCUT2D eigenvalue weighted by atomic mass is 10.1. The van der Waals surface area contributed by atoms with Gasteiger partial charge in [-0.15, -0.1) is 0 Å². The smallest absolute Gasteiger partial charge is 0.298 e. The molecule has 0 radical (unpaired) electrons. The van der Waals surface area contributed by atoms with Gasteiger partial charge >= 0.3 is 0 Å². The van der Waals surface area contributed by atoms with Crippen molar-refractivity contribution in [2.75, 3.05) is 11.4 Å². The Hall–Kier alpha value is -2.82. The molecule has 1 heterocycles. The lowest BCUT2D eigenvalue weighted by Gasteiger charge is -2.27. The SMILES string of the molecule is CCN(Cc1cccc(C)c1)c1nc2cc(OC=O)ccc2n1C1CCCCCC1. The van der Waals surface area contributed by atoms with E-state index in [9.17, 15) is 4.79 Å². The minimum Gasteiger partial charge on any atom is -0.429 e. The van der Waals surface area contributed by atoms with Crippen molar-refractivity contribution in [1.82, 2.24) is 9.55 Å². The molecule has 30 heavy (non-hydrogen) atoms. The zero-order valence-corrected chi connectivity index (χ0v) is 18.0. The predicted octanol–water partition coefficient (Wildman–Crippen LogP) is 5.80. The maximum Gasteiger partial charge on any atom is 0.298 e. The van der Waals surface area contributed by atoms with Gasteiger partial charge in [0.05, 0.1) is 11.0 Å². The molecule has 1 aromatic heterocycles. The lowest BCUT2D eigenvalue weighted by molar-refractivity contribution is -0.120. The summed E-state index contributed by atoms with van der Waals surface area (Å²) in [6.45, 7) is 6.50. The van der Waals surface area contributed by atoms with Gasteiger partial charge in [0.1, 0.15) is 5.75 Å². The molecule has 0 bridgehead atoms. The Bertz CT molecular complexity index is 1000. The van der Waals surface area contributed by atoms with Crippen LogP contribution in [0.5, 0.6) is 5.75 Å². The summed E-state index contributed by atoms with van der Waals surface area (Å²) < 4.78 is 7.53. The minimum atomic E-state index is 0.455. The topological polar surface area (TPSA) is 47.4 Å². The van der Waals surface area contributed by atoms with Gasteiger partial charge < -0.3 is 14.2 Å². The molecule has 1 saturated carbocycles. The summed E-state index contributed by atoms with van der Waals surface area (Å²) >= 11 is 0. The van der Waals surface area contributed by atoms with Gasteiger partial charge in [0, 0.05) is 25.2 Å². The highest BCUT2D eigenvalue weighted by Crippen LogP contribution is 2.36. The van der Waals surface area contributed by atoms with Crippen molar-refractivity contribution in [3.8, 4) is 5.75 Å². The number of carbonyl (C=O) groups is 1. The zero-order chi connectivity index (χ0) is 20.9. The standard InChI is InChI=1S/C25H31N3O2/c1-3-27(17-20-10-8-9-19(2)15-20)25-26-23-16-22(30-18-29)13-14-24(23)28(25)21-11-6-4-5-7-12-21/h8-10,13-16,18,21H,3-7,11-12,17H2,1-2H3. The third kappa shape index (κ3) is 4.35. The van der Waals surface area contributed by atoms with Gasteiger partial charge in [0.2, 0.25) is 5.95 Å². The molecule has 1 aliphatic carbocycles. The fourth-order valence-corrected chi connectivity index (χ4v) is 4.65. The van der Waals surface area contributed by atoms with E-state index >= 15 is 0 Å². The van der Waals surface area contributed by atoms with Crippen LogP contribution in [0, 0.1) is 6.92 Å². The van der Waals surface area contributed by atoms with Crippen LogP contribution in [-0.4, -0.2) is 22.6 Å². The summed E-state index contributed by atoms with van der Waals surface area (Å²) in [5.41, 5.74) is 4.58. The second kappa shape index (κ2) is 9.33. The molecule has 0 amide bonds. The average molecular weight is 406 g/mol. The largest absolute Gasteiger partial charge is 0.429 e. The van der Waals surface area contributed by atoms with E-state index in [-0.39, 0.29) is 0 Å². The molecule has 0 unspecified atom stereocenters. The molecule has 0 aliphatic heterocycles. The van der Waals surface area contributed by atoms with E-state index in [0.29, 0.717) is 18.3 Å². The van der Waals surface area contributed by atoms with Crippen LogP contribution in [0.15, 0.2) is 42.5 Å². The van der Waals surface area contributed by atoms with Crippen LogP contribution in [0.25, 0.3) is 11.0 Å². The highest BCUT2D eigenvalue weighted by atomic mass is 16.5. The van der Waals surface area contributed by atoms with Crippen LogP contribution < -0.4 is 9.64 Å². The Labute approximate surface area is 178 Å². The quantitative estimate of drug-likeness (QED) is 0.368. The molecule has 2 aromatic carbocycles. The highest BCUT2D eigenvalue weighted by molar-refractivity contribution is 5.81. The highest BCUT2D eigenvalue weighted by Gasteiger charge is 2.24. The summed E-state index contributed by atoms with van der Waals surface area (Å²) in [5.74, 6) is 1.56. The number of benzene rings is 2. The Morgan fingerprint density at radius 1 is 1.13 bits per heavy atom. The number of anilines is 1. The number of aryl methyl sites for hydroxylation is 1. The zero-order valence-electron chi connectivity index (χ0n) is 18.0. The maximum absolute atomic E-state index is 10.8. The summed E-state index contributed by atoms with van der Waals surface area (Å²) in [6, 6.07) is 14.9. The molecule has 5 heteroatoms. The Kier molecular flexibility index (Phi) is 6.36. The van der Waals surface area contributed by atoms with Crippen molar-refractivity contribution in [3.63, 3.8) is 0 Å². The lowest BCUT2D eigenvalue weighted by Crippen LogP contribution is -2.27. The molecule has 5 nitrogen and oxygen atoms in total. The van der Waals surface area contributed by atoms with Crippen LogP contribution in [0.3, 0.4) is 0 Å². The fourth-order valence-electron chi connectivity index (χ4n) is 4.65. The van der Waals surface area contributed by atoms with Gasteiger partial charge in [-0.3, -0.25) is 4.79 Å². The molecule has 0 atom stereocenters. The number of ether oxygens (including phenoxy) is 1. The molecular formula is C25H31N3O2. The number of hydrogen-bond acceptors (Lipinski definition) is 4. The number of rotatable bonds is 7. The summed E-state index contributed by atoms with van der Waals surface area (Å²) in [6.07, 6.45) is 7.54. The molecular weight excluding hydrogens is 374 g/mol. The van der Waals surface area contributed by atoms with E-state index in [2.05, 4.69) is 53.6 Å². The third-order valence-electron chi connectivity index (χ3n) is 6.14. The summed E-state index contributed by atoms with van der Waals surface area (Å²) in [5, 5.41) is 0. The normalized spacial score (nSPS) is 15.1.